The van der Waals surface area contributed by atoms with Gasteiger partial charge in [-0.1, -0.05) is 128 Å². The van der Waals surface area contributed by atoms with E-state index in [1.807, 2.05) is 11.8 Å². The molecule has 8 heteroatoms. The molecule has 6 rings (SSSR count). The van der Waals surface area contributed by atoms with Crippen LogP contribution in [0.2, 0.25) is 0 Å². The molecule has 4 aromatic rings. The molecule has 46 heavy (non-hydrogen) atoms. The number of hydrogen-bond donors (Lipinski definition) is 2. The van der Waals surface area contributed by atoms with E-state index in [0.717, 1.165) is 50.4 Å². The number of nitrogens with one attached hydrogen (secondary N) is 2. The predicted octanol–water partition coefficient (Wildman–Crippen LogP) is 5.81. The smallest absolute Gasteiger partial charge is 0.315 e. The summed E-state index contributed by atoms with van der Waals surface area (Å²) in [5, 5.41) is 12.0. The first kappa shape index (κ1) is 32.8. The molecule has 0 unspecified atom stereocenters. The zero-order chi connectivity index (χ0) is 31.6. The monoisotopic (exact) mass is 667 g/mol. The number of hydrogen-bond acceptors (Lipinski definition) is 3. The number of benzene rings is 4. The average molecular weight is 668 g/mol. The number of fused-ring (bicyclic) bond motifs is 1. The summed E-state index contributed by atoms with van der Waals surface area (Å²) in [5.41, 5.74) is 0. The summed E-state index contributed by atoms with van der Waals surface area (Å²) in [7, 11) is -1.17. The number of carbonyl (C=O) groups excluding carboxylic acids is 2. The van der Waals surface area contributed by atoms with Gasteiger partial charge >= 0.3 is 6.03 Å². The SMILES string of the molecule is O=C1N[C@@H]2[C@H](CS[C@@H]2CCCCC(=O)N(CCP(c2ccccc2)c2ccccc2)CCP(c2ccccc2)c2ccccc2)N1. The van der Waals surface area contributed by atoms with Gasteiger partial charge in [-0.2, -0.15) is 11.8 Å². The Morgan fingerprint density at radius 3 is 1.59 bits per heavy atom. The van der Waals surface area contributed by atoms with E-state index in [9.17, 15) is 9.59 Å². The average Bonchev–Trinajstić information content (AvgIpc) is 3.66. The van der Waals surface area contributed by atoms with Gasteiger partial charge in [0.1, 0.15) is 0 Å². The van der Waals surface area contributed by atoms with Crippen LogP contribution >= 0.6 is 27.6 Å². The van der Waals surface area contributed by atoms with E-state index < -0.39 is 15.8 Å². The van der Waals surface area contributed by atoms with E-state index >= 15 is 0 Å². The fourth-order valence-electron chi connectivity index (χ4n) is 6.47. The zero-order valence-electron chi connectivity index (χ0n) is 26.2. The van der Waals surface area contributed by atoms with Crippen molar-refractivity contribution in [1.29, 1.82) is 0 Å². The Morgan fingerprint density at radius 1 is 0.674 bits per heavy atom. The molecule has 238 valence electrons. The second kappa shape index (κ2) is 16.6. The van der Waals surface area contributed by atoms with Gasteiger partial charge in [-0.25, -0.2) is 4.79 Å². The highest BCUT2D eigenvalue weighted by Crippen LogP contribution is 2.36. The third-order valence-electron chi connectivity index (χ3n) is 8.88. The quantitative estimate of drug-likeness (QED) is 0.0957. The Kier molecular flexibility index (Phi) is 11.8. The van der Waals surface area contributed by atoms with Crippen molar-refractivity contribution in [1.82, 2.24) is 15.5 Å². The fraction of sp³-hybridized carbons (Fsp3) is 0.316. The Hall–Kier alpha value is -3.17. The summed E-state index contributed by atoms with van der Waals surface area (Å²) in [5.74, 6) is 1.23. The lowest BCUT2D eigenvalue weighted by Gasteiger charge is -2.29. The van der Waals surface area contributed by atoms with Crippen molar-refractivity contribution < 1.29 is 9.59 Å². The maximum Gasteiger partial charge on any atom is 0.315 e. The number of unbranched alkanes of at least 4 members (excludes halogenated alkanes) is 1. The minimum atomic E-state index is -0.585. The number of nitrogens with zero attached hydrogens (tertiary/aromatic N) is 1. The lowest BCUT2D eigenvalue weighted by molar-refractivity contribution is -0.130. The van der Waals surface area contributed by atoms with E-state index in [2.05, 4.69) is 137 Å². The van der Waals surface area contributed by atoms with Gasteiger partial charge < -0.3 is 15.5 Å². The molecule has 0 aliphatic carbocycles. The molecule has 2 heterocycles. The van der Waals surface area contributed by atoms with Crippen LogP contribution in [0.5, 0.6) is 0 Å². The van der Waals surface area contributed by atoms with Crippen molar-refractivity contribution in [3.63, 3.8) is 0 Å². The summed E-state index contributed by atoms with van der Waals surface area (Å²) in [6, 6.07) is 43.7. The van der Waals surface area contributed by atoms with Gasteiger partial charge in [0.2, 0.25) is 5.91 Å². The molecule has 0 radical (unpaired) electrons. The molecule has 0 aromatic heterocycles. The molecular formula is C38H43N3O2P2S. The Morgan fingerprint density at radius 2 is 1.13 bits per heavy atom. The highest BCUT2D eigenvalue weighted by Gasteiger charge is 2.42. The van der Waals surface area contributed by atoms with Gasteiger partial charge in [0.15, 0.2) is 0 Å². The first-order valence-electron chi connectivity index (χ1n) is 16.4. The van der Waals surface area contributed by atoms with Crippen LogP contribution in [0.4, 0.5) is 4.79 Å². The lowest BCUT2D eigenvalue weighted by atomic mass is 10.0. The third kappa shape index (κ3) is 8.59. The normalized spacial score (nSPS) is 18.7. The summed E-state index contributed by atoms with van der Waals surface area (Å²) in [4.78, 5) is 28.0. The van der Waals surface area contributed by atoms with E-state index in [0.29, 0.717) is 11.7 Å². The second-order valence-corrected chi connectivity index (χ2v) is 17.8. The molecular weight excluding hydrogens is 624 g/mol. The van der Waals surface area contributed by atoms with Crippen LogP contribution in [0.1, 0.15) is 25.7 Å². The molecule has 0 bridgehead atoms. The summed E-state index contributed by atoms with van der Waals surface area (Å²) in [6.07, 6.45) is 5.36. The van der Waals surface area contributed by atoms with Gasteiger partial charge in [-0.05, 0) is 62.2 Å². The number of rotatable bonds is 15. The van der Waals surface area contributed by atoms with Gasteiger partial charge in [0, 0.05) is 30.5 Å². The zero-order valence-corrected chi connectivity index (χ0v) is 28.8. The van der Waals surface area contributed by atoms with Crippen LogP contribution in [0.25, 0.3) is 0 Å². The van der Waals surface area contributed by atoms with Crippen LogP contribution in [-0.4, -0.2) is 65.3 Å². The van der Waals surface area contributed by atoms with Crippen molar-refractivity contribution in [2.75, 3.05) is 31.2 Å². The molecule has 5 nitrogen and oxygen atoms in total. The number of urea groups is 1. The topological polar surface area (TPSA) is 61.4 Å². The molecule has 2 aliphatic heterocycles. The fourth-order valence-corrected chi connectivity index (χ4v) is 12.7. The number of amides is 3. The van der Waals surface area contributed by atoms with Crippen molar-refractivity contribution >= 4 is 60.8 Å². The number of carbonyl (C=O) groups is 2. The van der Waals surface area contributed by atoms with Gasteiger partial charge in [0.25, 0.3) is 0 Å². The van der Waals surface area contributed by atoms with Gasteiger partial charge in [-0.3, -0.25) is 4.79 Å². The molecule has 3 amide bonds. The molecule has 4 aromatic carbocycles. The van der Waals surface area contributed by atoms with Crippen molar-refractivity contribution in [3.8, 4) is 0 Å². The molecule has 0 saturated carbocycles. The van der Waals surface area contributed by atoms with Gasteiger partial charge in [0.05, 0.1) is 12.1 Å². The Bertz CT molecular complexity index is 1370. The van der Waals surface area contributed by atoms with Crippen LogP contribution in [0.15, 0.2) is 121 Å². The van der Waals surface area contributed by atoms with Crippen LogP contribution in [0.3, 0.4) is 0 Å². The van der Waals surface area contributed by atoms with Crippen molar-refractivity contribution in [2.45, 2.75) is 43.0 Å². The molecule has 2 saturated heterocycles. The predicted molar refractivity (Wildman–Crippen MR) is 198 cm³/mol. The highest BCUT2D eigenvalue weighted by molar-refractivity contribution is 8.00. The van der Waals surface area contributed by atoms with Crippen LogP contribution in [0, 0.1) is 0 Å². The van der Waals surface area contributed by atoms with Crippen LogP contribution < -0.4 is 31.9 Å². The largest absolute Gasteiger partial charge is 0.342 e. The maximum atomic E-state index is 14.0. The Balaban J connectivity index is 1.14. The minimum Gasteiger partial charge on any atom is -0.342 e. The third-order valence-corrected chi connectivity index (χ3v) is 15.4. The first-order valence-corrected chi connectivity index (χ1v) is 20.5. The van der Waals surface area contributed by atoms with E-state index in [1.165, 1.54) is 21.2 Å². The Labute approximate surface area is 280 Å². The second-order valence-electron chi connectivity index (χ2n) is 11.9. The van der Waals surface area contributed by atoms with E-state index in [-0.39, 0.29) is 24.0 Å². The van der Waals surface area contributed by atoms with E-state index in [1.54, 1.807) is 0 Å². The summed E-state index contributed by atoms with van der Waals surface area (Å²) in [6.45, 7) is 1.50. The number of thioether (sulfide) groups is 1. The van der Waals surface area contributed by atoms with Crippen molar-refractivity contribution in [3.05, 3.63) is 121 Å². The molecule has 0 spiro atoms. The highest BCUT2D eigenvalue weighted by atomic mass is 32.2. The van der Waals surface area contributed by atoms with Crippen molar-refractivity contribution in [2.24, 2.45) is 0 Å². The standard InChI is InChI=1S/C38H43N3O2P2S/c42-36(24-14-13-23-35-37-34(29-46-35)39-38(43)40-37)41(25-27-44(30-15-5-1-6-16-30)31-17-7-2-8-18-31)26-28-45(32-19-9-3-10-20-32)33-21-11-4-12-22-33/h1-12,15-22,34-35,37H,13-14,23-29H2,(H2,39,40,43)/t34-,35+,37+/m0/s1. The first-order chi connectivity index (χ1) is 22.7. The van der Waals surface area contributed by atoms with Crippen LogP contribution in [-0.2, 0) is 4.79 Å². The summed E-state index contributed by atoms with van der Waals surface area (Å²) < 4.78 is 0. The maximum absolute atomic E-state index is 14.0. The molecule has 2 N–H and O–H groups in total. The molecule has 3 atom stereocenters. The van der Waals surface area contributed by atoms with Gasteiger partial charge in [-0.15, -0.1) is 0 Å². The lowest BCUT2D eigenvalue weighted by Crippen LogP contribution is -2.37. The minimum absolute atomic E-state index is 0.0388. The molecule has 2 fully saturated rings. The van der Waals surface area contributed by atoms with E-state index in [4.69, 9.17) is 0 Å². The molecule has 2 aliphatic rings. The summed E-state index contributed by atoms with van der Waals surface area (Å²) >= 11 is 1.95.